The van der Waals surface area contributed by atoms with Gasteiger partial charge in [-0.1, -0.05) is 6.92 Å². The molecule has 1 aromatic heterocycles. The highest BCUT2D eigenvalue weighted by Gasteiger charge is 2.38. The molecule has 1 saturated heterocycles. The summed E-state index contributed by atoms with van der Waals surface area (Å²) in [4.78, 5) is 5.06. The molecular formula is C10H14BrNO2S. The highest BCUT2D eigenvalue weighted by molar-refractivity contribution is 9.10. The van der Waals surface area contributed by atoms with E-state index in [9.17, 15) is 5.11 Å². The zero-order chi connectivity index (χ0) is 10.9. The maximum Gasteiger partial charge on any atom is 0.123 e. The average Bonchev–Trinajstić information content (AvgIpc) is 2.65. The van der Waals surface area contributed by atoms with E-state index in [2.05, 4.69) is 27.8 Å². The average molecular weight is 292 g/mol. The van der Waals surface area contributed by atoms with Crippen LogP contribution in [-0.4, -0.2) is 22.8 Å². The van der Waals surface area contributed by atoms with E-state index in [0.29, 0.717) is 19.4 Å². The molecule has 84 valence electrons. The Labute approximate surface area is 102 Å². The minimum absolute atomic E-state index is 0.165. The van der Waals surface area contributed by atoms with E-state index in [1.54, 1.807) is 5.51 Å². The molecule has 0 aliphatic carbocycles. The van der Waals surface area contributed by atoms with Crippen molar-refractivity contribution < 1.29 is 9.84 Å². The first-order valence-corrected chi connectivity index (χ1v) is 6.76. The Bertz CT molecular complexity index is 344. The van der Waals surface area contributed by atoms with Gasteiger partial charge in [-0.15, -0.1) is 11.3 Å². The summed E-state index contributed by atoms with van der Waals surface area (Å²) in [7, 11) is 0. The zero-order valence-corrected chi connectivity index (χ0v) is 11.0. The molecule has 2 rings (SSSR count). The lowest BCUT2D eigenvalue weighted by molar-refractivity contribution is -0.107. The molecule has 2 heterocycles. The normalized spacial score (nSPS) is 31.8. The van der Waals surface area contributed by atoms with Crippen LogP contribution in [0.3, 0.4) is 0 Å². The highest BCUT2D eigenvalue weighted by Crippen LogP contribution is 2.40. The number of halogens is 1. The van der Waals surface area contributed by atoms with Gasteiger partial charge in [0.1, 0.15) is 10.2 Å². The van der Waals surface area contributed by atoms with Crippen LogP contribution in [0.5, 0.6) is 0 Å². The molecule has 1 aliphatic rings. The minimum Gasteiger partial charge on any atom is -0.384 e. The van der Waals surface area contributed by atoms with E-state index in [4.69, 9.17) is 4.74 Å². The first-order valence-electron chi connectivity index (χ1n) is 5.09. The number of aromatic nitrogens is 1. The third kappa shape index (κ3) is 2.25. The Hall–Kier alpha value is 0.0300. The van der Waals surface area contributed by atoms with Gasteiger partial charge in [-0.2, -0.15) is 0 Å². The van der Waals surface area contributed by atoms with Crippen molar-refractivity contribution in [3.8, 4) is 0 Å². The maximum absolute atomic E-state index is 10.6. The van der Waals surface area contributed by atoms with Crippen LogP contribution in [-0.2, 0) is 10.3 Å². The van der Waals surface area contributed by atoms with Gasteiger partial charge in [0.05, 0.1) is 23.1 Å². The summed E-state index contributed by atoms with van der Waals surface area (Å²) in [6.45, 7) is 2.71. The monoisotopic (exact) mass is 291 g/mol. The van der Waals surface area contributed by atoms with Crippen molar-refractivity contribution in [2.75, 3.05) is 6.61 Å². The second-order valence-electron chi connectivity index (χ2n) is 3.86. The van der Waals surface area contributed by atoms with Crippen molar-refractivity contribution in [2.24, 2.45) is 0 Å². The summed E-state index contributed by atoms with van der Waals surface area (Å²) in [6, 6.07) is 0. The van der Waals surface area contributed by atoms with Gasteiger partial charge < -0.3 is 9.84 Å². The van der Waals surface area contributed by atoms with Crippen LogP contribution in [0.1, 0.15) is 31.1 Å². The Kier molecular flexibility index (Phi) is 3.45. The SMILES string of the molecule is CCC1CC(O)(c2scnc2Br)CCO1. The lowest BCUT2D eigenvalue weighted by atomic mass is 9.88. The molecule has 2 atom stereocenters. The fourth-order valence-electron chi connectivity index (χ4n) is 1.93. The van der Waals surface area contributed by atoms with Crippen LogP contribution in [0.2, 0.25) is 0 Å². The quantitative estimate of drug-likeness (QED) is 0.911. The van der Waals surface area contributed by atoms with Crippen LogP contribution < -0.4 is 0 Å². The predicted octanol–water partition coefficient (Wildman–Crippen LogP) is 2.68. The summed E-state index contributed by atoms with van der Waals surface area (Å²) in [6.07, 6.45) is 2.44. The topological polar surface area (TPSA) is 42.4 Å². The molecule has 3 nitrogen and oxygen atoms in total. The number of ether oxygens (including phenoxy) is 1. The summed E-state index contributed by atoms with van der Waals surface area (Å²) in [5, 5.41) is 10.6. The number of hydrogen-bond acceptors (Lipinski definition) is 4. The van der Waals surface area contributed by atoms with Crippen LogP contribution >= 0.6 is 27.3 Å². The van der Waals surface area contributed by atoms with Gasteiger partial charge in [-0.3, -0.25) is 0 Å². The second kappa shape index (κ2) is 4.49. The van der Waals surface area contributed by atoms with Crippen molar-refractivity contribution in [3.05, 3.63) is 15.0 Å². The highest BCUT2D eigenvalue weighted by atomic mass is 79.9. The zero-order valence-electron chi connectivity index (χ0n) is 8.57. The number of aliphatic hydroxyl groups is 1. The third-order valence-corrected chi connectivity index (χ3v) is 4.72. The van der Waals surface area contributed by atoms with Crippen molar-refractivity contribution in [1.29, 1.82) is 0 Å². The van der Waals surface area contributed by atoms with E-state index in [1.807, 2.05) is 0 Å². The van der Waals surface area contributed by atoms with Crippen molar-refractivity contribution in [3.63, 3.8) is 0 Å². The third-order valence-electron chi connectivity index (χ3n) is 2.84. The van der Waals surface area contributed by atoms with Crippen LogP contribution in [0.25, 0.3) is 0 Å². The number of hydrogen-bond donors (Lipinski definition) is 1. The Balaban J connectivity index is 2.22. The van der Waals surface area contributed by atoms with Gasteiger partial charge in [-0.25, -0.2) is 4.98 Å². The maximum atomic E-state index is 10.6. The molecule has 0 spiro atoms. The molecule has 0 bridgehead atoms. The largest absolute Gasteiger partial charge is 0.384 e. The summed E-state index contributed by atoms with van der Waals surface area (Å²) < 4.78 is 6.34. The van der Waals surface area contributed by atoms with E-state index >= 15 is 0 Å². The first-order chi connectivity index (χ1) is 7.15. The molecule has 0 aromatic carbocycles. The van der Waals surface area contributed by atoms with E-state index in [0.717, 1.165) is 15.9 Å². The second-order valence-corrected chi connectivity index (χ2v) is 5.46. The predicted molar refractivity (Wildman–Crippen MR) is 63.0 cm³/mol. The summed E-state index contributed by atoms with van der Waals surface area (Å²) in [5.41, 5.74) is 1.01. The van der Waals surface area contributed by atoms with Crippen LogP contribution in [0.4, 0.5) is 0 Å². The molecule has 15 heavy (non-hydrogen) atoms. The molecule has 2 unspecified atom stereocenters. The van der Waals surface area contributed by atoms with E-state index < -0.39 is 5.60 Å². The van der Waals surface area contributed by atoms with Crippen LogP contribution in [0.15, 0.2) is 10.1 Å². The molecule has 5 heteroatoms. The first kappa shape index (κ1) is 11.5. The number of rotatable bonds is 2. The molecule has 0 amide bonds. The van der Waals surface area contributed by atoms with Gasteiger partial charge >= 0.3 is 0 Å². The Morgan fingerprint density at radius 1 is 1.80 bits per heavy atom. The summed E-state index contributed by atoms with van der Waals surface area (Å²) >= 11 is 4.88. The lowest BCUT2D eigenvalue weighted by Gasteiger charge is -2.35. The summed E-state index contributed by atoms with van der Waals surface area (Å²) in [5.74, 6) is 0. The minimum atomic E-state index is -0.751. The molecule has 1 N–H and O–H groups in total. The smallest absolute Gasteiger partial charge is 0.123 e. The Morgan fingerprint density at radius 3 is 3.20 bits per heavy atom. The van der Waals surface area contributed by atoms with Gasteiger partial charge in [0.25, 0.3) is 0 Å². The molecule has 0 saturated carbocycles. The number of thiazole rings is 1. The van der Waals surface area contributed by atoms with Crippen molar-refractivity contribution in [1.82, 2.24) is 4.98 Å². The molecule has 1 aliphatic heterocycles. The lowest BCUT2D eigenvalue weighted by Crippen LogP contribution is -2.38. The number of nitrogens with zero attached hydrogens (tertiary/aromatic N) is 1. The fraction of sp³-hybridized carbons (Fsp3) is 0.700. The van der Waals surface area contributed by atoms with E-state index in [-0.39, 0.29) is 6.10 Å². The van der Waals surface area contributed by atoms with Gasteiger partial charge in [0.15, 0.2) is 0 Å². The van der Waals surface area contributed by atoms with Crippen molar-refractivity contribution in [2.45, 2.75) is 37.9 Å². The van der Waals surface area contributed by atoms with Gasteiger partial charge in [0.2, 0.25) is 0 Å². The Morgan fingerprint density at radius 2 is 2.60 bits per heavy atom. The van der Waals surface area contributed by atoms with Crippen LogP contribution in [0, 0.1) is 0 Å². The van der Waals surface area contributed by atoms with Gasteiger partial charge in [-0.05, 0) is 22.4 Å². The molecular weight excluding hydrogens is 278 g/mol. The van der Waals surface area contributed by atoms with Crippen molar-refractivity contribution >= 4 is 27.3 Å². The fourth-order valence-corrected chi connectivity index (χ4v) is 3.64. The molecule has 0 radical (unpaired) electrons. The molecule has 1 aromatic rings. The standard InChI is InChI=1S/C10H14BrNO2S/c1-2-7-5-10(13,3-4-14-7)8-9(11)12-6-15-8/h6-7,13H,2-5H2,1H3. The van der Waals surface area contributed by atoms with E-state index in [1.165, 1.54) is 11.3 Å². The van der Waals surface area contributed by atoms with Gasteiger partial charge in [0, 0.05) is 12.8 Å². The molecule has 1 fully saturated rings.